The van der Waals surface area contributed by atoms with E-state index in [0.717, 1.165) is 19.1 Å². The fourth-order valence-corrected chi connectivity index (χ4v) is 2.80. The monoisotopic (exact) mass is 304 g/mol. The van der Waals surface area contributed by atoms with E-state index in [4.69, 9.17) is 0 Å². The summed E-state index contributed by atoms with van der Waals surface area (Å²) >= 11 is 1.70. The van der Waals surface area contributed by atoms with Crippen LogP contribution in [-0.4, -0.2) is 45.6 Å². The Labute approximate surface area is 118 Å². The van der Waals surface area contributed by atoms with Crippen molar-refractivity contribution in [3.63, 3.8) is 0 Å². The minimum atomic E-state index is -3.18. The fraction of sp³-hybridized carbons (Fsp3) is 0.583. The first-order valence-corrected chi connectivity index (χ1v) is 8.86. The van der Waals surface area contributed by atoms with E-state index in [1.165, 1.54) is 4.88 Å². The second-order valence-electron chi connectivity index (χ2n) is 4.41. The topological polar surface area (TPSA) is 66.5 Å². The van der Waals surface area contributed by atoms with E-state index in [0.29, 0.717) is 13.0 Å². The lowest BCUT2D eigenvalue weighted by Crippen LogP contribution is -2.35. The van der Waals surface area contributed by atoms with E-state index in [1.54, 1.807) is 23.3 Å². The van der Waals surface area contributed by atoms with Crippen molar-refractivity contribution in [2.45, 2.75) is 19.3 Å². The molecule has 0 radical (unpaired) electrons. The number of amides is 1. The number of nitrogens with zero attached hydrogens (tertiary/aromatic N) is 1. The molecule has 0 bridgehead atoms. The van der Waals surface area contributed by atoms with Gasteiger partial charge in [-0.1, -0.05) is 6.07 Å². The summed E-state index contributed by atoms with van der Waals surface area (Å²) in [4.78, 5) is 14.6. The first kappa shape index (κ1) is 16.1. The summed E-state index contributed by atoms with van der Waals surface area (Å²) in [5, 5.41) is 2.03. The van der Waals surface area contributed by atoms with E-state index >= 15 is 0 Å². The summed E-state index contributed by atoms with van der Waals surface area (Å²) in [6.07, 6.45) is 3.34. The Bertz CT molecular complexity index is 483. The molecule has 0 fully saturated rings. The van der Waals surface area contributed by atoms with Crippen LogP contribution in [0, 0.1) is 0 Å². The van der Waals surface area contributed by atoms with E-state index in [2.05, 4.69) is 10.8 Å². The lowest BCUT2D eigenvalue weighted by Gasteiger charge is -2.16. The van der Waals surface area contributed by atoms with Gasteiger partial charge in [0.1, 0.15) is 0 Å². The summed E-state index contributed by atoms with van der Waals surface area (Å²) in [5.41, 5.74) is 0. The highest BCUT2D eigenvalue weighted by atomic mass is 32.2. The van der Waals surface area contributed by atoms with Crippen LogP contribution in [0.25, 0.3) is 0 Å². The van der Waals surface area contributed by atoms with Gasteiger partial charge in [-0.05, 0) is 24.3 Å². The van der Waals surface area contributed by atoms with Gasteiger partial charge in [0.25, 0.3) is 0 Å². The van der Waals surface area contributed by atoms with Gasteiger partial charge in [-0.2, -0.15) is 0 Å². The zero-order valence-corrected chi connectivity index (χ0v) is 12.9. The largest absolute Gasteiger partial charge is 0.344 e. The number of nitrogens with one attached hydrogen (secondary N) is 1. The maximum absolute atomic E-state index is 11.8. The zero-order chi connectivity index (χ0) is 14.3. The predicted octanol–water partition coefficient (Wildman–Crippen LogP) is 1.08. The molecule has 0 aliphatic heterocycles. The minimum absolute atomic E-state index is 0.0480. The Morgan fingerprint density at radius 2 is 2.21 bits per heavy atom. The highest BCUT2D eigenvalue weighted by Gasteiger charge is 2.09. The molecule has 0 saturated heterocycles. The molecular formula is C12H20N2O3S2. The molecule has 0 aliphatic carbocycles. The SMILES string of the molecule is CN(CCNS(C)(=O)=O)C(=O)CCCc1cccs1. The van der Waals surface area contributed by atoms with Crippen molar-refractivity contribution >= 4 is 27.3 Å². The molecule has 19 heavy (non-hydrogen) atoms. The van der Waals surface area contributed by atoms with Crippen molar-refractivity contribution in [1.82, 2.24) is 9.62 Å². The lowest BCUT2D eigenvalue weighted by atomic mass is 10.2. The first-order valence-electron chi connectivity index (χ1n) is 6.09. The predicted molar refractivity (Wildman–Crippen MR) is 77.7 cm³/mol. The second-order valence-corrected chi connectivity index (χ2v) is 7.28. The molecule has 0 aromatic carbocycles. The Morgan fingerprint density at radius 3 is 2.79 bits per heavy atom. The normalized spacial score (nSPS) is 11.5. The van der Waals surface area contributed by atoms with Crippen molar-refractivity contribution in [3.8, 4) is 0 Å². The number of carbonyl (C=O) groups is 1. The van der Waals surface area contributed by atoms with Gasteiger partial charge in [-0.25, -0.2) is 13.1 Å². The number of aryl methyl sites for hydroxylation is 1. The number of likely N-dealkylation sites (N-methyl/N-ethyl adjacent to an activating group) is 1. The van der Waals surface area contributed by atoms with Gasteiger partial charge in [0, 0.05) is 31.4 Å². The molecule has 1 amide bonds. The average molecular weight is 304 g/mol. The number of carbonyl (C=O) groups excluding carboxylic acids is 1. The molecule has 1 aromatic heterocycles. The van der Waals surface area contributed by atoms with Crippen molar-refractivity contribution < 1.29 is 13.2 Å². The number of hydrogen-bond acceptors (Lipinski definition) is 4. The molecule has 7 heteroatoms. The maximum Gasteiger partial charge on any atom is 0.222 e. The van der Waals surface area contributed by atoms with Crippen molar-refractivity contribution in [2.75, 3.05) is 26.4 Å². The van der Waals surface area contributed by atoms with Crippen LogP contribution in [0.1, 0.15) is 17.7 Å². The third-order valence-corrected chi connectivity index (χ3v) is 4.30. The molecule has 108 valence electrons. The Balaban J connectivity index is 2.18. The molecule has 0 saturated carbocycles. The molecular weight excluding hydrogens is 284 g/mol. The van der Waals surface area contributed by atoms with E-state index in [-0.39, 0.29) is 12.5 Å². The minimum Gasteiger partial charge on any atom is -0.344 e. The number of thiophene rings is 1. The van der Waals surface area contributed by atoms with E-state index in [1.807, 2.05) is 11.4 Å². The molecule has 0 spiro atoms. The fourth-order valence-electron chi connectivity index (χ4n) is 1.58. The van der Waals surface area contributed by atoms with Crippen molar-refractivity contribution in [2.24, 2.45) is 0 Å². The molecule has 1 heterocycles. The van der Waals surface area contributed by atoms with E-state index in [9.17, 15) is 13.2 Å². The molecule has 5 nitrogen and oxygen atoms in total. The Hall–Kier alpha value is -0.920. The van der Waals surface area contributed by atoms with Gasteiger partial charge >= 0.3 is 0 Å². The van der Waals surface area contributed by atoms with Gasteiger partial charge in [0.2, 0.25) is 15.9 Å². The molecule has 1 N–H and O–H groups in total. The highest BCUT2D eigenvalue weighted by Crippen LogP contribution is 2.12. The van der Waals surface area contributed by atoms with Gasteiger partial charge in [-0.15, -0.1) is 11.3 Å². The summed E-state index contributed by atoms with van der Waals surface area (Å²) in [7, 11) is -1.49. The first-order chi connectivity index (χ1) is 8.88. The number of sulfonamides is 1. The molecule has 0 aliphatic rings. The lowest BCUT2D eigenvalue weighted by molar-refractivity contribution is -0.129. The highest BCUT2D eigenvalue weighted by molar-refractivity contribution is 7.88. The Morgan fingerprint density at radius 1 is 1.47 bits per heavy atom. The van der Waals surface area contributed by atoms with Crippen LogP contribution in [0.4, 0.5) is 0 Å². The van der Waals surface area contributed by atoms with Crippen LogP contribution >= 0.6 is 11.3 Å². The summed E-state index contributed by atoms with van der Waals surface area (Å²) < 4.78 is 24.1. The van der Waals surface area contributed by atoms with Crippen LogP contribution < -0.4 is 4.72 Å². The molecule has 0 unspecified atom stereocenters. The van der Waals surface area contributed by atoms with Crippen molar-refractivity contribution in [1.29, 1.82) is 0 Å². The van der Waals surface area contributed by atoms with Gasteiger partial charge < -0.3 is 4.90 Å². The van der Waals surface area contributed by atoms with Gasteiger partial charge in [-0.3, -0.25) is 4.79 Å². The van der Waals surface area contributed by atoms with Crippen LogP contribution in [0.15, 0.2) is 17.5 Å². The summed E-state index contributed by atoms with van der Waals surface area (Å²) in [6, 6.07) is 4.07. The van der Waals surface area contributed by atoms with Gasteiger partial charge in [0.15, 0.2) is 0 Å². The Kier molecular flexibility index (Phi) is 6.47. The van der Waals surface area contributed by atoms with Crippen LogP contribution in [0.3, 0.4) is 0 Å². The quantitative estimate of drug-likeness (QED) is 0.781. The second kappa shape index (κ2) is 7.62. The summed E-state index contributed by atoms with van der Waals surface area (Å²) in [5.74, 6) is 0.0480. The van der Waals surface area contributed by atoms with E-state index < -0.39 is 10.0 Å². The third kappa shape index (κ3) is 7.29. The molecule has 1 rings (SSSR count). The van der Waals surface area contributed by atoms with Crippen LogP contribution in [0.5, 0.6) is 0 Å². The molecule has 0 atom stereocenters. The van der Waals surface area contributed by atoms with Crippen LogP contribution in [-0.2, 0) is 21.2 Å². The number of rotatable bonds is 8. The number of hydrogen-bond donors (Lipinski definition) is 1. The molecule has 1 aromatic rings. The zero-order valence-electron chi connectivity index (χ0n) is 11.3. The average Bonchev–Trinajstić information content (AvgIpc) is 2.80. The van der Waals surface area contributed by atoms with Gasteiger partial charge in [0.05, 0.1) is 6.26 Å². The standard InChI is InChI=1S/C12H20N2O3S2/c1-14(9-8-13-19(2,16)17)12(15)7-3-5-11-6-4-10-18-11/h4,6,10,13H,3,5,7-9H2,1-2H3. The third-order valence-electron chi connectivity index (χ3n) is 2.63. The summed E-state index contributed by atoms with van der Waals surface area (Å²) in [6.45, 7) is 0.650. The maximum atomic E-state index is 11.8. The van der Waals surface area contributed by atoms with Crippen LogP contribution in [0.2, 0.25) is 0 Å². The smallest absolute Gasteiger partial charge is 0.222 e. The van der Waals surface area contributed by atoms with Crippen molar-refractivity contribution in [3.05, 3.63) is 22.4 Å².